The number of ether oxygens (including phenoxy) is 1. The second-order valence-electron chi connectivity index (χ2n) is 8.72. The smallest absolute Gasteiger partial charge is 0.410 e. The highest BCUT2D eigenvalue weighted by atomic mass is 16.6. The zero-order valence-electron chi connectivity index (χ0n) is 17.7. The molecule has 3 rings (SSSR count). The van der Waals surface area contributed by atoms with Gasteiger partial charge in [0.05, 0.1) is 17.2 Å². The van der Waals surface area contributed by atoms with Gasteiger partial charge in [0, 0.05) is 32.9 Å². The number of amides is 3. The Balaban J connectivity index is 1.87. The van der Waals surface area contributed by atoms with Gasteiger partial charge in [-0.3, -0.25) is 24.1 Å². The first-order valence-corrected chi connectivity index (χ1v) is 9.98. The van der Waals surface area contributed by atoms with Crippen molar-refractivity contribution in [3.8, 4) is 0 Å². The van der Waals surface area contributed by atoms with Crippen LogP contribution in [0.15, 0.2) is 18.2 Å². The van der Waals surface area contributed by atoms with Gasteiger partial charge < -0.3 is 9.64 Å². The molecule has 0 radical (unpaired) electrons. The molecule has 1 atom stereocenters. The molecule has 0 N–H and O–H groups in total. The van der Waals surface area contributed by atoms with Crippen molar-refractivity contribution >= 4 is 29.5 Å². The molecule has 1 unspecified atom stereocenters. The first kappa shape index (κ1) is 21.7. The summed E-state index contributed by atoms with van der Waals surface area (Å²) in [6, 6.07) is 3.93. The van der Waals surface area contributed by atoms with E-state index in [-0.39, 0.29) is 54.9 Å². The zero-order chi connectivity index (χ0) is 22.2. The number of nitrogens with zero attached hydrogens (tertiary/aromatic N) is 2. The summed E-state index contributed by atoms with van der Waals surface area (Å²) in [5.74, 6) is -1.41. The van der Waals surface area contributed by atoms with Gasteiger partial charge in [-0.25, -0.2) is 4.79 Å². The maximum absolute atomic E-state index is 13.2. The van der Waals surface area contributed by atoms with Crippen LogP contribution in [0.3, 0.4) is 0 Å². The topological polar surface area (TPSA) is 101 Å². The lowest BCUT2D eigenvalue weighted by molar-refractivity contribution is -0.124. The van der Waals surface area contributed by atoms with Crippen molar-refractivity contribution < 1.29 is 28.7 Å². The van der Waals surface area contributed by atoms with Gasteiger partial charge in [0.2, 0.25) is 0 Å². The molecule has 0 saturated heterocycles. The average molecular weight is 414 g/mol. The fraction of sp³-hybridized carbons (Fsp3) is 0.500. The lowest BCUT2D eigenvalue weighted by Crippen LogP contribution is -2.44. The Hall–Kier alpha value is -3.03. The molecule has 160 valence electrons. The van der Waals surface area contributed by atoms with Crippen molar-refractivity contribution in [1.82, 2.24) is 9.80 Å². The molecule has 0 aromatic heterocycles. The van der Waals surface area contributed by atoms with E-state index in [2.05, 4.69) is 0 Å². The van der Waals surface area contributed by atoms with Crippen molar-refractivity contribution in [2.24, 2.45) is 0 Å². The summed E-state index contributed by atoms with van der Waals surface area (Å²) in [4.78, 5) is 65.0. The largest absolute Gasteiger partial charge is 0.444 e. The van der Waals surface area contributed by atoms with Crippen LogP contribution in [-0.2, 0) is 20.9 Å². The Morgan fingerprint density at radius 2 is 1.80 bits per heavy atom. The molecule has 1 aliphatic heterocycles. The third kappa shape index (κ3) is 4.27. The number of carbonyl (C=O) groups excluding carboxylic acids is 5. The van der Waals surface area contributed by atoms with E-state index in [0.29, 0.717) is 5.56 Å². The SMILES string of the molecule is CN(Cc1cccc2c1C(=O)N(C1CCC(=O)CCC1=O)C2=O)C(=O)OC(C)(C)C. The van der Waals surface area contributed by atoms with E-state index >= 15 is 0 Å². The monoisotopic (exact) mass is 414 g/mol. The van der Waals surface area contributed by atoms with Gasteiger partial charge in [-0.2, -0.15) is 0 Å². The summed E-state index contributed by atoms with van der Waals surface area (Å²) in [5.41, 5.74) is 0.239. The zero-order valence-corrected chi connectivity index (χ0v) is 17.7. The number of carbonyl (C=O) groups is 5. The highest BCUT2D eigenvalue weighted by Crippen LogP contribution is 2.31. The number of ketones is 2. The Labute approximate surface area is 175 Å². The third-order valence-corrected chi connectivity index (χ3v) is 5.18. The van der Waals surface area contributed by atoms with E-state index in [1.807, 2.05) is 0 Å². The van der Waals surface area contributed by atoms with Gasteiger partial charge in [-0.1, -0.05) is 12.1 Å². The number of imide groups is 1. The number of fused-ring (bicyclic) bond motifs is 1. The van der Waals surface area contributed by atoms with E-state index in [1.54, 1.807) is 46.0 Å². The van der Waals surface area contributed by atoms with Crippen molar-refractivity contribution in [3.05, 3.63) is 34.9 Å². The van der Waals surface area contributed by atoms with Crippen LogP contribution < -0.4 is 0 Å². The highest BCUT2D eigenvalue weighted by Gasteiger charge is 2.44. The van der Waals surface area contributed by atoms with Gasteiger partial charge in [-0.15, -0.1) is 0 Å². The second-order valence-corrected chi connectivity index (χ2v) is 8.72. The summed E-state index contributed by atoms with van der Waals surface area (Å²) >= 11 is 0. The Kier molecular flexibility index (Phi) is 5.78. The van der Waals surface area contributed by atoms with Crippen LogP contribution in [0.1, 0.15) is 72.7 Å². The number of hydrogen-bond donors (Lipinski definition) is 0. The summed E-state index contributed by atoms with van der Waals surface area (Å²) in [6.07, 6.45) is -0.0598. The maximum Gasteiger partial charge on any atom is 0.410 e. The van der Waals surface area contributed by atoms with Crippen molar-refractivity contribution in [2.45, 2.75) is 64.6 Å². The second kappa shape index (κ2) is 8.01. The summed E-state index contributed by atoms with van der Waals surface area (Å²) in [5, 5.41) is 0. The summed E-state index contributed by atoms with van der Waals surface area (Å²) in [6.45, 7) is 5.34. The maximum atomic E-state index is 13.2. The molecule has 1 aromatic rings. The van der Waals surface area contributed by atoms with Crippen LogP contribution in [0.5, 0.6) is 0 Å². The first-order chi connectivity index (χ1) is 14.0. The van der Waals surface area contributed by atoms with Gasteiger partial charge in [0.25, 0.3) is 11.8 Å². The van der Waals surface area contributed by atoms with E-state index in [0.717, 1.165) is 4.90 Å². The molecule has 0 spiro atoms. The molecule has 3 amide bonds. The van der Waals surface area contributed by atoms with Gasteiger partial charge >= 0.3 is 6.09 Å². The Morgan fingerprint density at radius 1 is 1.10 bits per heavy atom. The van der Waals surface area contributed by atoms with Crippen molar-refractivity contribution in [1.29, 1.82) is 0 Å². The van der Waals surface area contributed by atoms with Gasteiger partial charge in [0.1, 0.15) is 11.4 Å². The predicted molar refractivity (Wildman–Crippen MR) is 107 cm³/mol. The molecule has 8 nitrogen and oxygen atoms in total. The minimum atomic E-state index is -0.930. The number of Topliss-reactive ketones (excluding diaryl/α,β-unsaturated/α-hetero) is 2. The lowest BCUT2D eigenvalue weighted by atomic mass is 10.0. The molecular weight excluding hydrogens is 388 g/mol. The first-order valence-electron chi connectivity index (χ1n) is 9.98. The van der Waals surface area contributed by atoms with Crippen LogP contribution in [0.4, 0.5) is 4.79 Å². The van der Waals surface area contributed by atoms with Crippen LogP contribution in [0.25, 0.3) is 0 Å². The molecule has 1 aliphatic carbocycles. The number of hydrogen-bond acceptors (Lipinski definition) is 6. The minimum Gasteiger partial charge on any atom is -0.444 e. The average Bonchev–Trinajstić information content (AvgIpc) is 2.79. The third-order valence-electron chi connectivity index (χ3n) is 5.18. The molecule has 1 heterocycles. The molecule has 1 saturated carbocycles. The van der Waals surface area contributed by atoms with Crippen molar-refractivity contribution in [3.63, 3.8) is 0 Å². The van der Waals surface area contributed by atoms with Crippen LogP contribution in [-0.4, -0.2) is 58.0 Å². The Morgan fingerprint density at radius 3 is 2.47 bits per heavy atom. The normalized spacial score (nSPS) is 19.6. The van der Waals surface area contributed by atoms with E-state index in [4.69, 9.17) is 4.74 Å². The van der Waals surface area contributed by atoms with E-state index in [1.165, 1.54) is 4.90 Å². The highest BCUT2D eigenvalue weighted by molar-refractivity contribution is 6.23. The molecule has 30 heavy (non-hydrogen) atoms. The lowest BCUT2D eigenvalue weighted by Gasteiger charge is -2.25. The number of rotatable bonds is 3. The van der Waals surface area contributed by atoms with Gasteiger partial charge in [0.15, 0.2) is 5.78 Å². The van der Waals surface area contributed by atoms with E-state index in [9.17, 15) is 24.0 Å². The predicted octanol–water partition coefficient (Wildman–Crippen LogP) is 2.73. The van der Waals surface area contributed by atoms with E-state index < -0.39 is 29.6 Å². The molecule has 0 bridgehead atoms. The summed E-state index contributed by atoms with van der Waals surface area (Å²) in [7, 11) is 1.55. The molecule has 1 fully saturated rings. The van der Waals surface area contributed by atoms with Crippen LogP contribution in [0, 0.1) is 0 Å². The fourth-order valence-electron chi connectivity index (χ4n) is 3.73. The standard InChI is InChI=1S/C22H26N2O6/c1-22(2,3)30-21(29)23(4)12-13-6-5-7-15-18(13)20(28)24(19(15)27)16-10-8-14(25)9-11-17(16)26/h5-7,16H,8-12H2,1-4H3. The summed E-state index contributed by atoms with van der Waals surface area (Å²) < 4.78 is 5.34. The quantitative estimate of drug-likeness (QED) is 0.557. The fourth-order valence-corrected chi connectivity index (χ4v) is 3.73. The minimum absolute atomic E-state index is 0.0329. The molecule has 1 aromatic carbocycles. The molecule has 8 heteroatoms. The molecule has 2 aliphatic rings. The number of benzene rings is 1. The Bertz CT molecular complexity index is 930. The van der Waals surface area contributed by atoms with Crippen LogP contribution >= 0.6 is 0 Å². The molecular formula is C22H26N2O6. The van der Waals surface area contributed by atoms with Crippen molar-refractivity contribution in [2.75, 3.05) is 7.05 Å². The van der Waals surface area contributed by atoms with Gasteiger partial charge in [-0.05, 0) is 38.8 Å². The van der Waals surface area contributed by atoms with Crippen LogP contribution in [0.2, 0.25) is 0 Å².